The van der Waals surface area contributed by atoms with E-state index in [1.165, 1.54) is 0 Å². The molecule has 0 aliphatic heterocycles. The van der Waals surface area contributed by atoms with Gasteiger partial charge in [0.15, 0.2) is 5.65 Å². The summed E-state index contributed by atoms with van der Waals surface area (Å²) in [5, 5.41) is 24.3. The lowest BCUT2D eigenvalue weighted by Crippen LogP contribution is -2.30. The molecule has 3 N–H and O–H groups in total. The molecule has 0 radical (unpaired) electrons. The zero-order valence-corrected chi connectivity index (χ0v) is 17.9. The van der Waals surface area contributed by atoms with Crippen LogP contribution < -0.4 is 10.6 Å². The molecular weight excluding hydrogens is 392 g/mol. The number of anilines is 1. The number of amides is 1. The zero-order valence-electron chi connectivity index (χ0n) is 17.9. The Morgan fingerprint density at radius 3 is 2.68 bits per heavy atom. The molecule has 1 atom stereocenters. The summed E-state index contributed by atoms with van der Waals surface area (Å²) >= 11 is 0. The molecule has 0 saturated heterocycles. The van der Waals surface area contributed by atoms with Gasteiger partial charge in [-0.15, -0.1) is 0 Å². The molecule has 1 aromatic carbocycles. The zero-order chi connectivity index (χ0) is 21.8. The van der Waals surface area contributed by atoms with Crippen LogP contribution in [0.3, 0.4) is 0 Å². The van der Waals surface area contributed by atoms with Crippen molar-refractivity contribution in [3.63, 3.8) is 0 Å². The number of fused-ring (bicyclic) bond motifs is 1. The van der Waals surface area contributed by atoms with Gasteiger partial charge in [0.2, 0.25) is 0 Å². The average Bonchev–Trinajstić information content (AvgIpc) is 3.24. The Kier molecular flexibility index (Phi) is 6.16. The van der Waals surface area contributed by atoms with Gasteiger partial charge in [-0.05, 0) is 45.1 Å². The van der Waals surface area contributed by atoms with E-state index in [9.17, 15) is 4.79 Å². The van der Waals surface area contributed by atoms with Crippen molar-refractivity contribution in [2.75, 3.05) is 5.32 Å². The molecule has 1 aliphatic rings. The minimum atomic E-state index is -0.175. The number of benzene rings is 1. The second-order valence-electron chi connectivity index (χ2n) is 7.94. The van der Waals surface area contributed by atoms with Crippen LogP contribution >= 0.6 is 0 Å². The highest BCUT2D eigenvalue weighted by Crippen LogP contribution is 2.30. The van der Waals surface area contributed by atoms with Crippen molar-refractivity contribution in [1.82, 2.24) is 20.1 Å². The normalized spacial score (nSPS) is 17.4. The van der Waals surface area contributed by atoms with Gasteiger partial charge < -0.3 is 15.8 Å². The molecular formula is C23H28N6O2. The molecule has 1 saturated carbocycles. The summed E-state index contributed by atoms with van der Waals surface area (Å²) in [7, 11) is 0. The van der Waals surface area contributed by atoms with Crippen molar-refractivity contribution in [3.05, 3.63) is 53.9 Å². The molecule has 8 heteroatoms. The molecule has 1 aliphatic carbocycles. The summed E-state index contributed by atoms with van der Waals surface area (Å²) in [5.41, 5.74) is 3.89. The van der Waals surface area contributed by atoms with E-state index < -0.39 is 0 Å². The fraction of sp³-hybridized carbons (Fsp3) is 0.391. The maximum atomic E-state index is 13.2. The number of aryl methyl sites for hydroxylation is 1. The average molecular weight is 421 g/mol. The lowest BCUT2D eigenvalue weighted by atomic mass is 9.93. The Labute approximate surface area is 181 Å². The number of oxime groups is 1. The Morgan fingerprint density at radius 1 is 1.26 bits per heavy atom. The summed E-state index contributed by atoms with van der Waals surface area (Å²) in [4.78, 5) is 17.8. The van der Waals surface area contributed by atoms with Gasteiger partial charge in [0.05, 0.1) is 34.6 Å². The molecule has 1 fully saturated rings. The molecule has 2 heterocycles. The van der Waals surface area contributed by atoms with Crippen LogP contribution in [0.15, 0.2) is 47.9 Å². The van der Waals surface area contributed by atoms with E-state index in [4.69, 9.17) is 5.21 Å². The Bertz CT molecular complexity index is 1080. The van der Waals surface area contributed by atoms with E-state index in [-0.39, 0.29) is 18.0 Å². The number of hydrogen-bond donors (Lipinski definition) is 3. The molecule has 2 aromatic heterocycles. The molecule has 8 nitrogen and oxygen atoms in total. The summed E-state index contributed by atoms with van der Waals surface area (Å²) in [6.07, 6.45) is 6.57. The van der Waals surface area contributed by atoms with Crippen molar-refractivity contribution in [3.8, 4) is 0 Å². The van der Waals surface area contributed by atoms with Crippen molar-refractivity contribution in [1.29, 1.82) is 0 Å². The van der Waals surface area contributed by atoms with Crippen molar-refractivity contribution in [2.45, 2.75) is 58.2 Å². The molecule has 0 bridgehead atoms. The number of hydrogen-bond acceptors (Lipinski definition) is 6. The number of aromatic nitrogens is 3. The first-order valence-corrected chi connectivity index (χ1v) is 10.8. The third kappa shape index (κ3) is 4.38. The Balaban J connectivity index is 1.64. The first-order valence-electron chi connectivity index (χ1n) is 10.8. The fourth-order valence-corrected chi connectivity index (χ4v) is 4.08. The number of nitrogens with one attached hydrogen (secondary N) is 2. The quantitative estimate of drug-likeness (QED) is 0.411. The summed E-state index contributed by atoms with van der Waals surface area (Å²) in [6, 6.07) is 9.93. The second-order valence-corrected chi connectivity index (χ2v) is 7.94. The maximum Gasteiger partial charge on any atom is 0.255 e. The minimum Gasteiger partial charge on any atom is -0.411 e. The van der Waals surface area contributed by atoms with Gasteiger partial charge >= 0.3 is 0 Å². The van der Waals surface area contributed by atoms with E-state index >= 15 is 0 Å². The van der Waals surface area contributed by atoms with Crippen LogP contribution in [0.1, 0.15) is 61.5 Å². The second kappa shape index (κ2) is 9.16. The SMILES string of the molecule is CCn1ncc2c(NC3CCC(=NO)CC3)c(C(=O)NC(C)c3ccccc3)cnc21. The molecule has 4 rings (SSSR count). The van der Waals surface area contributed by atoms with Crippen LogP contribution in [0.25, 0.3) is 11.0 Å². The first-order chi connectivity index (χ1) is 15.1. The highest BCUT2D eigenvalue weighted by atomic mass is 16.4. The van der Waals surface area contributed by atoms with E-state index in [0.29, 0.717) is 12.1 Å². The lowest BCUT2D eigenvalue weighted by molar-refractivity contribution is 0.0940. The van der Waals surface area contributed by atoms with Crippen LogP contribution in [0.4, 0.5) is 5.69 Å². The van der Waals surface area contributed by atoms with Crippen LogP contribution in [0.2, 0.25) is 0 Å². The van der Waals surface area contributed by atoms with Crippen LogP contribution in [0, 0.1) is 0 Å². The molecule has 3 aromatic rings. The summed E-state index contributed by atoms with van der Waals surface area (Å²) in [5.74, 6) is -0.175. The third-order valence-electron chi connectivity index (χ3n) is 5.91. The highest BCUT2D eigenvalue weighted by Gasteiger charge is 2.24. The number of pyridine rings is 1. The molecule has 1 unspecified atom stereocenters. The van der Waals surface area contributed by atoms with E-state index in [1.54, 1.807) is 12.4 Å². The monoisotopic (exact) mass is 420 g/mol. The minimum absolute atomic E-state index is 0.131. The number of rotatable bonds is 6. The summed E-state index contributed by atoms with van der Waals surface area (Å²) in [6.45, 7) is 4.69. The van der Waals surface area contributed by atoms with Crippen molar-refractivity contribution < 1.29 is 10.0 Å². The predicted octanol–water partition coefficient (Wildman–Crippen LogP) is 4.13. The molecule has 1 amide bonds. The van der Waals surface area contributed by atoms with E-state index in [1.807, 2.05) is 48.9 Å². The van der Waals surface area contributed by atoms with Gasteiger partial charge in [-0.3, -0.25) is 4.79 Å². The van der Waals surface area contributed by atoms with Crippen LogP contribution in [0.5, 0.6) is 0 Å². The van der Waals surface area contributed by atoms with Gasteiger partial charge in [0, 0.05) is 18.8 Å². The van der Waals surface area contributed by atoms with Gasteiger partial charge in [0.1, 0.15) is 0 Å². The first kappa shape index (κ1) is 20.8. The molecule has 31 heavy (non-hydrogen) atoms. The van der Waals surface area contributed by atoms with E-state index in [0.717, 1.165) is 53.7 Å². The van der Waals surface area contributed by atoms with Gasteiger partial charge in [-0.1, -0.05) is 35.5 Å². The van der Waals surface area contributed by atoms with Gasteiger partial charge in [0.25, 0.3) is 5.91 Å². The maximum absolute atomic E-state index is 13.2. The standard InChI is InChI=1S/C23H28N6O2/c1-3-29-22-19(14-25-29)21(27-17-9-11-18(28-31)12-10-17)20(13-24-22)23(30)26-15(2)16-7-5-4-6-8-16/h4-8,13-15,17,31H,3,9-12H2,1-2H3,(H,24,27)(H,26,30). The molecule has 0 spiro atoms. The van der Waals surface area contributed by atoms with Crippen LogP contribution in [-0.2, 0) is 6.54 Å². The van der Waals surface area contributed by atoms with Crippen LogP contribution in [-0.4, -0.2) is 37.6 Å². The Morgan fingerprint density at radius 2 is 2.00 bits per heavy atom. The van der Waals surface area contributed by atoms with E-state index in [2.05, 4.69) is 25.9 Å². The summed E-state index contributed by atoms with van der Waals surface area (Å²) < 4.78 is 1.83. The topological polar surface area (TPSA) is 104 Å². The van der Waals surface area contributed by atoms with Gasteiger partial charge in [-0.25, -0.2) is 9.67 Å². The number of carbonyl (C=O) groups excluding carboxylic acids is 1. The third-order valence-corrected chi connectivity index (χ3v) is 5.91. The molecule has 162 valence electrons. The van der Waals surface area contributed by atoms with Crippen molar-refractivity contribution in [2.24, 2.45) is 5.16 Å². The van der Waals surface area contributed by atoms with Crippen molar-refractivity contribution >= 4 is 28.3 Å². The largest absolute Gasteiger partial charge is 0.411 e. The fourth-order valence-electron chi connectivity index (χ4n) is 4.08. The highest BCUT2D eigenvalue weighted by molar-refractivity contribution is 6.06. The predicted molar refractivity (Wildman–Crippen MR) is 121 cm³/mol. The van der Waals surface area contributed by atoms with Gasteiger partial charge in [-0.2, -0.15) is 5.10 Å². The number of nitrogens with zero attached hydrogens (tertiary/aromatic N) is 4. The Hall–Kier alpha value is -3.42. The number of carbonyl (C=O) groups is 1. The smallest absolute Gasteiger partial charge is 0.255 e. The lowest BCUT2D eigenvalue weighted by Gasteiger charge is -2.26.